The van der Waals surface area contributed by atoms with E-state index in [1.54, 1.807) is 7.11 Å². The van der Waals surface area contributed by atoms with Crippen molar-refractivity contribution in [3.05, 3.63) is 29.8 Å². The topological polar surface area (TPSA) is 35.5 Å². The van der Waals surface area contributed by atoms with Crippen LogP contribution in [-0.2, 0) is 9.53 Å². The molecular formula is C12H14O3. The van der Waals surface area contributed by atoms with E-state index in [4.69, 9.17) is 9.47 Å². The number of cyclic esters (lactones) is 1. The Labute approximate surface area is 89.0 Å². The molecule has 0 amide bonds. The lowest BCUT2D eigenvalue weighted by Crippen LogP contribution is -2.16. The van der Waals surface area contributed by atoms with Gasteiger partial charge in [-0.2, -0.15) is 0 Å². The molecule has 1 aliphatic heterocycles. The Balaban J connectivity index is 2.17. The molecule has 0 spiro atoms. The molecule has 3 heteroatoms. The molecule has 1 aromatic rings. The van der Waals surface area contributed by atoms with Gasteiger partial charge < -0.3 is 9.47 Å². The maximum Gasteiger partial charge on any atom is 0.306 e. The van der Waals surface area contributed by atoms with Crippen LogP contribution in [0.2, 0.25) is 0 Å². The number of hydrogen-bond donors (Lipinski definition) is 0. The Bertz CT molecular complexity index is 360. The average molecular weight is 206 g/mol. The van der Waals surface area contributed by atoms with Crippen LogP contribution < -0.4 is 4.74 Å². The zero-order chi connectivity index (χ0) is 10.7. The third kappa shape index (κ3) is 2.29. The van der Waals surface area contributed by atoms with Crippen LogP contribution in [0.1, 0.15) is 30.9 Å². The van der Waals surface area contributed by atoms with Gasteiger partial charge in [-0.25, -0.2) is 0 Å². The average Bonchev–Trinajstić information content (AvgIpc) is 2.29. The highest BCUT2D eigenvalue weighted by molar-refractivity contribution is 5.70. The van der Waals surface area contributed by atoms with Crippen LogP contribution in [0, 0.1) is 0 Å². The van der Waals surface area contributed by atoms with E-state index in [0.717, 1.165) is 24.2 Å². The van der Waals surface area contributed by atoms with Crippen molar-refractivity contribution < 1.29 is 14.3 Å². The number of methoxy groups -OCH3 is 1. The summed E-state index contributed by atoms with van der Waals surface area (Å²) >= 11 is 0. The molecular weight excluding hydrogens is 192 g/mol. The first kappa shape index (κ1) is 10.0. The number of carbonyl (C=O) groups excluding carboxylic acids is 1. The standard InChI is InChI=1S/C12H14O3/c1-14-10-5-2-4-9(8-10)11-6-3-7-12(13)15-11/h2,4-5,8,11H,3,6-7H2,1H3/t11-/m1/s1. The molecule has 0 aliphatic carbocycles. The molecule has 1 atom stereocenters. The summed E-state index contributed by atoms with van der Waals surface area (Å²) in [5.41, 5.74) is 1.02. The summed E-state index contributed by atoms with van der Waals surface area (Å²) in [6, 6.07) is 7.68. The highest BCUT2D eigenvalue weighted by Crippen LogP contribution is 2.30. The minimum atomic E-state index is -0.103. The van der Waals surface area contributed by atoms with Gasteiger partial charge in [0.15, 0.2) is 0 Å². The first-order chi connectivity index (χ1) is 7.29. The monoisotopic (exact) mass is 206 g/mol. The number of carbonyl (C=O) groups is 1. The van der Waals surface area contributed by atoms with Crippen molar-refractivity contribution in [2.45, 2.75) is 25.4 Å². The number of ether oxygens (including phenoxy) is 2. The van der Waals surface area contributed by atoms with E-state index in [2.05, 4.69) is 0 Å². The van der Waals surface area contributed by atoms with E-state index in [9.17, 15) is 4.79 Å². The fourth-order valence-electron chi connectivity index (χ4n) is 1.78. The molecule has 1 heterocycles. The normalized spacial score (nSPS) is 20.9. The zero-order valence-electron chi connectivity index (χ0n) is 8.73. The quantitative estimate of drug-likeness (QED) is 0.697. The second-order valence-electron chi connectivity index (χ2n) is 3.65. The Morgan fingerprint density at radius 2 is 2.33 bits per heavy atom. The van der Waals surface area contributed by atoms with E-state index in [0.29, 0.717) is 6.42 Å². The molecule has 1 saturated heterocycles. The van der Waals surface area contributed by atoms with Crippen molar-refractivity contribution in [3.8, 4) is 5.75 Å². The van der Waals surface area contributed by atoms with Crippen molar-refractivity contribution in [2.24, 2.45) is 0 Å². The summed E-state index contributed by atoms with van der Waals surface area (Å²) in [5, 5.41) is 0. The largest absolute Gasteiger partial charge is 0.497 e. The Hall–Kier alpha value is -1.51. The van der Waals surface area contributed by atoms with Crippen molar-refractivity contribution in [2.75, 3.05) is 7.11 Å². The van der Waals surface area contributed by atoms with Crippen LogP contribution in [0.5, 0.6) is 5.75 Å². The third-order valence-corrected chi connectivity index (χ3v) is 2.59. The molecule has 1 aliphatic rings. The lowest BCUT2D eigenvalue weighted by atomic mass is 10.0. The Morgan fingerprint density at radius 3 is 3.07 bits per heavy atom. The van der Waals surface area contributed by atoms with E-state index in [-0.39, 0.29) is 12.1 Å². The lowest BCUT2D eigenvalue weighted by Gasteiger charge is -2.22. The first-order valence-electron chi connectivity index (χ1n) is 5.13. The molecule has 0 N–H and O–H groups in total. The predicted molar refractivity (Wildman–Crippen MR) is 55.7 cm³/mol. The molecule has 15 heavy (non-hydrogen) atoms. The van der Waals surface area contributed by atoms with Gasteiger partial charge >= 0.3 is 5.97 Å². The molecule has 2 rings (SSSR count). The van der Waals surface area contributed by atoms with Gasteiger partial charge in [0, 0.05) is 6.42 Å². The molecule has 1 fully saturated rings. The van der Waals surface area contributed by atoms with E-state index in [1.807, 2.05) is 24.3 Å². The van der Waals surface area contributed by atoms with E-state index in [1.165, 1.54) is 0 Å². The molecule has 3 nitrogen and oxygen atoms in total. The number of hydrogen-bond acceptors (Lipinski definition) is 3. The SMILES string of the molecule is COc1cccc([C@H]2CCCC(=O)O2)c1. The number of benzene rings is 1. The summed E-state index contributed by atoms with van der Waals surface area (Å²) in [7, 11) is 1.63. The fraction of sp³-hybridized carbons (Fsp3) is 0.417. The minimum absolute atomic E-state index is 0.0960. The smallest absolute Gasteiger partial charge is 0.306 e. The van der Waals surface area contributed by atoms with Crippen molar-refractivity contribution in [3.63, 3.8) is 0 Å². The molecule has 0 radical (unpaired) electrons. The van der Waals surface area contributed by atoms with Crippen LogP contribution in [0.4, 0.5) is 0 Å². The van der Waals surface area contributed by atoms with Gasteiger partial charge in [-0.15, -0.1) is 0 Å². The van der Waals surface area contributed by atoms with Crippen molar-refractivity contribution >= 4 is 5.97 Å². The van der Waals surface area contributed by atoms with Crippen LogP contribution in [0.15, 0.2) is 24.3 Å². The number of esters is 1. The van der Waals surface area contributed by atoms with E-state index < -0.39 is 0 Å². The summed E-state index contributed by atoms with van der Waals surface area (Å²) in [6.45, 7) is 0. The van der Waals surface area contributed by atoms with Gasteiger partial charge in [0.05, 0.1) is 7.11 Å². The van der Waals surface area contributed by atoms with Gasteiger partial charge in [-0.1, -0.05) is 12.1 Å². The Kier molecular flexibility index (Phi) is 2.90. The second kappa shape index (κ2) is 4.34. The lowest BCUT2D eigenvalue weighted by molar-refractivity contribution is -0.154. The summed E-state index contributed by atoms with van der Waals surface area (Å²) < 4.78 is 10.4. The first-order valence-corrected chi connectivity index (χ1v) is 5.13. The molecule has 1 aromatic carbocycles. The summed E-state index contributed by atoms with van der Waals surface area (Å²) in [6.07, 6.45) is 2.25. The predicted octanol–water partition coefficient (Wildman–Crippen LogP) is 2.46. The maximum absolute atomic E-state index is 11.1. The molecule has 0 unspecified atom stereocenters. The Morgan fingerprint density at radius 1 is 1.47 bits per heavy atom. The highest BCUT2D eigenvalue weighted by atomic mass is 16.5. The molecule has 80 valence electrons. The van der Waals surface area contributed by atoms with Gasteiger partial charge in [-0.05, 0) is 30.5 Å². The van der Waals surface area contributed by atoms with Crippen LogP contribution in [0.25, 0.3) is 0 Å². The second-order valence-corrected chi connectivity index (χ2v) is 3.65. The molecule has 0 aromatic heterocycles. The highest BCUT2D eigenvalue weighted by Gasteiger charge is 2.21. The van der Waals surface area contributed by atoms with Crippen molar-refractivity contribution in [1.82, 2.24) is 0 Å². The number of rotatable bonds is 2. The van der Waals surface area contributed by atoms with Crippen molar-refractivity contribution in [1.29, 1.82) is 0 Å². The zero-order valence-corrected chi connectivity index (χ0v) is 8.73. The maximum atomic E-state index is 11.1. The van der Waals surface area contributed by atoms with Crippen LogP contribution in [0.3, 0.4) is 0 Å². The molecule has 0 bridgehead atoms. The van der Waals surface area contributed by atoms with Gasteiger partial charge in [0.2, 0.25) is 0 Å². The van der Waals surface area contributed by atoms with Crippen LogP contribution >= 0.6 is 0 Å². The molecule has 0 saturated carbocycles. The van der Waals surface area contributed by atoms with Gasteiger partial charge in [-0.3, -0.25) is 4.79 Å². The summed E-state index contributed by atoms with van der Waals surface area (Å²) in [5.74, 6) is 0.697. The van der Waals surface area contributed by atoms with Crippen LogP contribution in [-0.4, -0.2) is 13.1 Å². The van der Waals surface area contributed by atoms with Gasteiger partial charge in [0.1, 0.15) is 11.9 Å². The van der Waals surface area contributed by atoms with E-state index >= 15 is 0 Å². The van der Waals surface area contributed by atoms with Gasteiger partial charge in [0.25, 0.3) is 0 Å². The summed E-state index contributed by atoms with van der Waals surface area (Å²) in [4.78, 5) is 11.1. The third-order valence-electron chi connectivity index (χ3n) is 2.59. The minimum Gasteiger partial charge on any atom is -0.497 e. The fourth-order valence-corrected chi connectivity index (χ4v) is 1.78.